The van der Waals surface area contributed by atoms with Gasteiger partial charge in [0.15, 0.2) is 0 Å². The average molecular weight is 382 g/mol. The van der Waals surface area contributed by atoms with E-state index in [0.717, 1.165) is 10.3 Å². The van der Waals surface area contributed by atoms with E-state index in [2.05, 4.69) is 4.98 Å². The SMILES string of the molecule is NC(=O)c1cnc(/C(F)=C/[I-]CC2CC2)c(Cl)c1. The number of nitrogens with two attached hydrogens (primary N) is 1. The van der Waals surface area contributed by atoms with Crippen molar-refractivity contribution in [2.75, 3.05) is 4.43 Å². The molecule has 2 N–H and O–H groups in total. The van der Waals surface area contributed by atoms with Crippen molar-refractivity contribution in [3.8, 4) is 0 Å². The molecule has 0 bridgehead atoms. The van der Waals surface area contributed by atoms with Gasteiger partial charge in [0.1, 0.15) is 0 Å². The Morgan fingerprint density at radius 2 is 2.39 bits per heavy atom. The van der Waals surface area contributed by atoms with Crippen LogP contribution in [0.4, 0.5) is 4.39 Å². The van der Waals surface area contributed by atoms with Gasteiger partial charge in [0.2, 0.25) is 0 Å². The predicted molar refractivity (Wildman–Crippen MR) is 64.4 cm³/mol. The number of carbonyl (C=O) groups is 1. The number of carbonyl (C=O) groups excluding carboxylic acids is 1. The normalized spacial score (nSPS) is 16.0. The fourth-order valence-electron chi connectivity index (χ4n) is 1.31. The molecule has 2 rings (SSSR count). The number of alkyl halides is 1. The van der Waals surface area contributed by atoms with Crippen molar-refractivity contribution in [2.45, 2.75) is 12.8 Å². The Bertz CT molecular complexity index is 503. The van der Waals surface area contributed by atoms with Crippen LogP contribution in [0.15, 0.2) is 16.3 Å². The Kier molecular flexibility index (Phi) is 4.55. The number of primary amides is 1. The number of amides is 1. The van der Waals surface area contributed by atoms with Crippen LogP contribution in [0.2, 0.25) is 5.02 Å². The minimum absolute atomic E-state index is 0.0946. The summed E-state index contributed by atoms with van der Waals surface area (Å²) in [5, 5.41) is 0.121. The molecule has 1 saturated carbocycles. The van der Waals surface area contributed by atoms with Gasteiger partial charge in [0.25, 0.3) is 0 Å². The summed E-state index contributed by atoms with van der Waals surface area (Å²) < 4.78 is 16.5. The molecule has 0 unspecified atom stereocenters. The monoisotopic (exact) mass is 381 g/mol. The second-order valence-electron chi connectivity index (χ2n) is 4.13. The maximum absolute atomic E-state index is 13.8. The molecule has 1 aliphatic rings. The van der Waals surface area contributed by atoms with Crippen LogP contribution in [-0.4, -0.2) is 15.3 Å². The summed E-state index contributed by atoms with van der Waals surface area (Å²) in [6.07, 6.45) is 3.80. The van der Waals surface area contributed by atoms with Crippen molar-refractivity contribution in [3.05, 3.63) is 32.6 Å². The van der Waals surface area contributed by atoms with Gasteiger partial charge in [-0.05, 0) is 0 Å². The van der Waals surface area contributed by atoms with Crippen LogP contribution in [-0.2, 0) is 0 Å². The van der Waals surface area contributed by atoms with Crippen LogP contribution < -0.4 is 26.9 Å². The number of nitrogens with zero attached hydrogens (tertiary/aromatic N) is 1. The molecule has 1 heterocycles. The molecule has 0 spiro atoms. The van der Waals surface area contributed by atoms with E-state index in [-0.39, 0.29) is 37.5 Å². The third kappa shape index (κ3) is 3.65. The topological polar surface area (TPSA) is 56.0 Å². The van der Waals surface area contributed by atoms with Crippen LogP contribution in [0.5, 0.6) is 0 Å². The second-order valence-corrected chi connectivity index (χ2v) is 6.92. The molecule has 0 atom stereocenters. The van der Waals surface area contributed by atoms with Gasteiger partial charge in [0.05, 0.1) is 0 Å². The number of aromatic nitrogens is 1. The standard InChI is InChI=1S/C12H12ClFIN2O/c13-9-3-8(12(16)18)6-17-11(9)10(14)5-15-4-7-1-2-7/h3,5-7H,1-2,4H2,(H2,16,18)/q-1/b10-5-. The van der Waals surface area contributed by atoms with Crippen LogP contribution in [0.3, 0.4) is 0 Å². The van der Waals surface area contributed by atoms with E-state index >= 15 is 0 Å². The Morgan fingerprint density at radius 3 is 2.94 bits per heavy atom. The van der Waals surface area contributed by atoms with Gasteiger partial charge < -0.3 is 0 Å². The quantitative estimate of drug-likeness (QED) is 0.557. The van der Waals surface area contributed by atoms with E-state index in [1.165, 1.54) is 25.1 Å². The van der Waals surface area contributed by atoms with E-state index < -0.39 is 11.7 Å². The summed E-state index contributed by atoms with van der Waals surface area (Å²) >= 11 is 5.60. The molecule has 0 aliphatic heterocycles. The number of halogens is 3. The Hall–Kier alpha value is -0.690. The molecule has 1 aromatic rings. The number of pyridine rings is 1. The van der Waals surface area contributed by atoms with Crippen LogP contribution >= 0.6 is 11.6 Å². The molecule has 1 aliphatic carbocycles. The van der Waals surface area contributed by atoms with E-state index in [0.29, 0.717) is 0 Å². The van der Waals surface area contributed by atoms with Gasteiger partial charge in [-0.25, -0.2) is 0 Å². The molecule has 1 fully saturated rings. The van der Waals surface area contributed by atoms with Crippen molar-refractivity contribution in [3.63, 3.8) is 0 Å². The third-order valence-electron chi connectivity index (χ3n) is 2.53. The molecule has 0 saturated heterocycles. The summed E-state index contributed by atoms with van der Waals surface area (Å²) in [6, 6.07) is 1.35. The van der Waals surface area contributed by atoms with Crippen LogP contribution in [0.25, 0.3) is 5.83 Å². The van der Waals surface area contributed by atoms with E-state index in [1.54, 1.807) is 4.08 Å². The Balaban J connectivity index is 2.08. The maximum atomic E-state index is 13.8. The Labute approximate surface area is 120 Å². The summed E-state index contributed by atoms with van der Waals surface area (Å²) in [5.41, 5.74) is 5.37. The molecule has 0 radical (unpaired) electrons. The summed E-state index contributed by atoms with van der Waals surface area (Å²) in [7, 11) is 0. The predicted octanol–water partition coefficient (Wildman–Crippen LogP) is -0.399. The van der Waals surface area contributed by atoms with E-state index in [4.69, 9.17) is 17.3 Å². The zero-order valence-electron chi connectivity index (χ0n) is 9.50. The van der Waals surface area contributed by atoms with Crippen LogP contribution in [0, 0.1) is 5.92 Å². The molecular weight excluding hydrogens is 370 g/mol. The van der Waals surface area contributed by atoms with E-state index in [9.17, 15) is 9.18 Å². The van der Waals surface area contributed by atoms with Gasteiger partial charge in [-0.2, -0.15) is 0 Å². The van der Waals surface area contributed by atoms with Crippen molar-refractivity contribution in [1.82, 2.24) is 4.98 Å². The molecule has 1 aromatic heterocycles. The Morgan fingerprint density at radius 1 is 1.67 bits per heavy atom. The van der Waals surface area contributed by atoms with Gasteiger partial charge in [-0.1, -0.05) is 0 Å². The minimum atomic E-state index is -0.624. The first-order chi connectivity index (χ1) is 8.58. The third-order valence-corrected chi connectivity index (χ3v) is 5.56. The first-order valence-corrected chi connectivity index (χ1v) is 8.62. The molecule has 6 heteroatoms. The zero-order valence-corrected chi connectivity index (χ0v) is 12.4. The molecular formula is C12H12ClFIN2O-. The van der Waals surface area contributed by atoms with Crippen molar-refractivity contribution >= 4 is 23.3 Å². The molecule has 18 heavy (non-hydrogen) atoms. The molecule has 98 valence electrons. The van der Waals surface area contributed by atoms with Gasteiger partial charge >= 0.3 is 120 Å². The summed E-state index contributed by atoms with van der Waals surface area (Å²) in [4.78, 5) is 14.8. The molecule has 3 nitrogen and oxygen atoms in total. The number of rotatable bonds is 5. The van der Waals surface area contributed by atoms with Crippen molar-refractivity contribution < 1.29 is 30.4 Å². The fraction of sp³-hybridized carbons (Fsp3) is 0.333. The molecule has 1 amide bonds. The second kappa shape index (κ2) is 5.97. The summed E-state index contributed by atoms with van der Waals surface area (Å²) in [5.74, 6) is -0.214. The molecule has 0 aromatic carbocycles. The summed E-state index contributed by atoms with van der Waals surface area (Å²) in [6.45, 7) is 0. The number of hydrogen-bond donors (Lipinski definition) is 1. The van der Waals surface area contributed by atoms with Crippen molar-refractivity contribution in [2.24, 2.45) is 11.7 Å². The zero-order chi connectivity index (χ0) is 13.1. The van der Waals surface area contributed by atoms with Crippen LogP contribution in [0.1, 0.15) is 28.9 Å². The number of hydrogen-bond acceptors (Lipinski definition) is 2. The van der Waals surface area contributed by atoms with Gasteiger partial charge in [-0.15, -0.1) is 0 Å². The first-order valence-electron chi connectivity index (χ1n) is 5.47. The van der Waals surface area contributed by atoms with Gasteiger partial charge in [0, 0.05) is 0 Å². The fourth-order valence-corrected chi connectivity index (χ4v) is 4.10. The first kappa shape index (κ1) is 13.7. The average Bonchev–Trinajstić information content (AvgIpc) is 3.12. The van der Waals surface area contributed by atoms with E-state index in [1.807, 2.05) is 0 Å². The van der Waals surface area contributed by atoms with Crippen molar-refractivity contribution in [1.29, 1.82) is 0 Å². The van der Waals surface area contributed by atoms with Gasteiger partial charge in [-0.3, -0.25) is 0 Å².